The first-order valence-electron chi connectivity index (χ1n) is 7.02. The summed E-state index contributed by atoms with van der Waals surface area (Å²) in [5, 5.41) is 0. The summed E-state index contributed by atoms with van der Waals surface area (Å²) in [6, 6.07) is 5.33. The van der Waals surface area contributed by atoms with Crippen molar-refractivity contribution < 1.29 is 14.3 Å². The molecule has 0 aromatic heterocycles. The second-order valence-electron chi connectivity index (χ2n) is 6.56. The van der Waals surface area contributed by atoms with Gasteiger partial charge in [0, 0.05) is 12.5 Å². The number of rotatable bonds is 6. The molecule has 0 spiro atoms. The number of carbonyl (C=O) groups excluding carboxylic acids is 1. The maximum absolute atomic E-state index is 12.4. The summed E-state index contributed by atoms with van der Waals surface area (Å²) >= 11 is 0. The fourth-order valence-corrected chi connectivity index (χ4v) is 2.57. The number of ether oxygens (including phenoxy) is 2. The fourth-order valence-electron chi connectivity index (χ4n) is 2.57. The summed E-state index contributed by atoms with van der Waals surface area (Å²) in [4.78, 5) is 12.4. The van der Waals surface area contributed by atoms with E-state index >= 15 is 0 Å². The Labute approximate surface area is 122 Å². The highest BCUT2D eigenvalue weighted by atomic mass is 16.5. The third kappa shape index (κ3) is 4.87. The average molecular weight is 278 g/mol. The van der Waals surface area contributed by atoms with Gasteiger partial charge in [0.15, 0.2) is 5.78 Å². The molecule has 1 rings (SSSR count). The van der Waals surface area contributed by atoms with Gasteiger partial charge in [-0.1, -0.05) is 27.7 Å². The van der Waals surface area contributed by atoms with Gasteiger partial charge in [-0.25, -0.2) is 0 Å². The van der Waals surface area contributed by atoms with Crippen LogP contribution in [0.2, 0.25) is 0 Å². The van der Waals surface area contributed by atoms with Crippen LogP contribution in [0.1, 0.15) is 50.9 Å². The first-order valence-corrected chi connectivity index (χ1v) is 7.02. The Morgan fingerprint density at radius 2 is 1.85 bits per heavy atom. The third-order valence-corrected chi connectivity index (χ3v) is 3.20. The maximum Gasteiger partial charge on any atom is 0.166 e. The van der Waals surface area contributed by atoms with E-state index in [2.05, 4.69) is 27.7 Å². The number of hydrogen-bond donors (Lipinski definition) is 0. The molecule has 0 heterocycles. The van der Waals surface area contributed by atoms with Crippen molar-refractivity contribution in [2.45, 2.75) is 40.5 Å². The molecule has 0 aliphatic rings. The van der Waals surface area contributed by atoms with Gasteiger partial charge < -0.3 is 9.47 Å². The highest BCUT2D eigenvalue weighted by molar-refractivity contribution is 5.99. The third-order valence-electron chi connectivity index (χ3n) is 3.20. The molecule has 112 valence electrons. The zero-order valence-electron chi connectivity index (χ0n) is 13.4. The molecule has 1 aromatic carbocycles. The summed E-state index contributed by atoms with van der Waals surface area (Å²) < 4.78 is 10.4. The van der Waals surface area contributed by atoms with Gasteiger partial charge >= 0.3 is 0 Å². The number of hydrogen-bond acceptors (Lipinski definition) is 3. The first-order chi connectivity index (χ1) is 9.26. The Kier molecular flexibility index (Phi) is 5.61. The molecule has 0 bridgehead atoms. The molecule has 3 heteroatoms. The SMILES string of the molecule is COc1ccc(C(=O)CC(C)CC(C)(C)C)c(OC)c1. The molecule has 0 fully saturated rings. The normalized spacial score (nSPS) is 12.9. The van der Waals surface area contributed by atoms with Crippen molar-refractivity contribution in [1.29, 1.82) is 0 Å². The number of benzene rings is 1. The molecule has 0 aliphatic carbocycles. The van der Waals surface area contributed by atoms with Crippen molar-refractivity contribution >= 4 is 5.78 Å². The molecule has 20 heavy (non-hydrogen) atoms. The Morgan fingerprint density at radius 1 is 1.20 bits per heavy atom. The molecule has 1 unspecified atom stereocenters. The van der Waals surface area contributed by atoms with Gasteiger partial charge in [0.05, 0.1) is 19.8 Å². The predicted octanol–water partition coefficient (Wildman–Crippen LogP) is 4.35. The smallest absolute Gasteiger partial charge is 0.166 e. The van der Waals surface area contributed by atoms with Gasteiger partial charge in [-0.2, -0.15) is 0 Å². The molecule has 0 saturated heterocycles. The summed E-state index contributed by atoms with van der Waals surface area (Å²) in [5.74, 6) is 1.76. The van der Waals surface area contributed by atoms with Crippen LogP contribution in [0.4, 0.5) is 0 Å². The zero-order valence-corrected chi connectivity index (χ0v) is 13.4. The molecule has 0 aliphatic heterocycles. The first kappa shape index (κ1) is 16.5. The van der Waals surface area contributed by atoms with Crippen LogP contribution >= 0.6 is 0 Å². The predicted molar refractivity (Wildman–Crippen MR) is 81.7 cm³/mol. The summed E-state index contributed by atoms with van der Waals surface area (Å²) in [6.45, 7) is 8.71. The zero-order chi connectivity index (χ0) is 15.3. The van der Waals surface area contributed by atoms with Crippen LogP contribution in [0.5, 0.6) is 11.5 Å². The highest BCUT2D eigenvalue weighted by Crippen LogP contribution is 2.30. The van der Waals surface area contributed by atoms with Gasteiger partial charge in [0.1, 0.15) is 11.5 Å². The molecular weight excluding hydrogens is 252 g/mol. The lowest BCUT2D eigenvalue weighted by Crippen LogP contribution is -2.14. The second kappa shape index (κ2) is 6.78. The minimum atomic E-state index is 0.126. The van der Waals surface area contributed by atoms with Crippen molar-refractivity contribution in [3.63, 3.8) is 0 Å². The van der Waals surface area contributed by atoms with E-state index in [0.717, 1.165) is 6.42 Å². The van der Waals surface area contributed by atoms with E-state index in [-0.39, 0.29) is 11.2 Å². The number of ketones is 1. The van der Waals surface area contributed by atoms with Crippen LogP contribution in [-0.2, 0) is 0 Å². The van der Waals surface area contributed by atoms with Crippen LogP contribution in [-0.4, -0.2) is 20.0 Å². The van der Waals surface area contributed by atoms with Crippen LogP contribution in [0, 0.1) is 11.3 Å². The fraction of sp³-hybridized carbons (Fsp3) is 0.588. The molecule has 0 N–H and O–H groups in total. The second-order valence-corrected chi connectivity index (χ2v) is 6.56. The quantitative estimate of drug-likeness (QED) is 0.726. The van der Waals surface area contributed by atoms with E-state index < -0.39 is 0 Å². The number of methoxy groups -OCH3 is 2. The molecule has 1 aromatic rings. The Morgan fingerprint density at radius 3 is 2.35 bits per heavy atom. The molecule has 0 radical (unpaired) electrons. The van der Waals surface area contributed by atoms with E-state index in [0.29, 0.717) is 29.4 Å². The topological polar surface area (TPSA) is 35.5 Å². The molecule has 1 atom stereocenters. The molecule has 3 nitrogen and oxygen atoms in total. The van der Waals surface area contributed by atoms with Crippen LogP contribution in [0.3, 0.4) is 0 Å². The van der Waals surface area contributed by atoms with Gasteiger partial charge in [-0.05, 0) is 29.9 Å². The van der Waals surface area contributed by atoms with E-state index in [1.54, 1.807) is 32.4 Å². The Bertz CT molecular complexity index is 458. The van der Waals surface area contributed by atoms with Crippen molar-refractivity contribution in [2.75, 3.05) is 14.2 Å². The largest absolute Gasteiger partial charge is 0.497 e. The standard InChI is InChI=1S/C17H26O3/c1-12(11-17(2,3)4)9-15(18)14-8-7-13(19-5)10-16(14)20-6/h7-8,10,12H,9,11H2,1-6H3. The average Bonchev–Trinajstić information content (AvgIpc) is 2.35. The van der Waals surface area contributed by atoms with E-state index in [4.69, 9.17) is 9.47 Å². The Hall–Kier alpha value is -1.51. The molecule has 0 saturated carbocycles. The summed E-state index contributed by atoms with van der Waals surface area (Å²) in [5.41, 5.74) is 0.873. The van der Waals surface area contributed by atoms with Crippen LogP contribution in [0.25, 0.3) is 0 Å². The maximum atomic E-state index is 12.4. The summed E-state index contributed by atoms with van der Waals surface area (Å²) in [7, 11) is 3.17. The van der Waals surface area contributed by atoms with E-state index in [1.165, 1.54) is 0 Å². The molecule has 0 amide bonds. The monoisotopic (exact) mass is 278 g/mol. The lowest BCUT2D eigenvalue weighted by atomic mass is 9.83. The van der Waals surface area contributed by atoms with Crippen molar-refractivity contribution in [3.8, 4) is 11.5 Å². The van der Waals surface area contributed by atoms with Crippen LogP contribution in [0.15, 0.2) is 18.2 Å². The van der Waals surface area contributed by atoms with Gasteiger partial charge in [0.25, 0.3) is 0 Å². The van der Waals surface area contributed by atoms with Crippen molar-refractivity contribution in [1.82, 2.24) is 0 Å². The molecular formula is C17H26O3. The highest BCUT2D eigenvalue weighted by Gasteiger charge is 2.20. The Balaban J connectivity index is 2.82. The van der Waals surface area contributed by atoms with E-state index in [9.17, 15) is 4.79 Å². The number of Topliss-reactive ketones (excluding diaryl/α,β-unsaturated/α-hetero) is 1. The van der Waals surface area contributed by atoms with E-state index in [1.807, 2.05) is 0 Å². The minimum Gasteiger partial charge on any atom is -0.497 e. The van der Waals surface area contributed by atoms with Gasteiger partial charge in [-0.15, -0.1) is 0 Å². The number of carbonyl (C=O) groups is 1. The van der Waals surface area contributed by atoms with Crippen molar-refractivity contribution in [2.24, 2.45) is 11.3 Å². The lowest BCUT2D eigenvalue weighted by molar-refractivity contribution is 0.0951. The minimum absolute atomic E-state index is 0.126. The van der Waals surface area contributed by atoms with Crippen LogP contribution < -0.4 is 9.47 Å². The summed E-state index contributed by atoms with van der Waals surface area (Å²) in [6.07, 6.45) is 1.57. The van der Waals surface area contributed by atoms with Gasteiger partial charge in [-0.3, -0.25) is 4.79 Å². The lowest BCUT2D eigenvalue weighted by Gasteiger charge is -2.23. The van der Waals surface area contributed by atoms with Crippen molar-refractivity contribution in [3.05, 3.63) is 23.8 Å². The van der Waals surface area contributed by atoms with Gasteiger partial charge in [0.2, 0.25) is 0 Å².